The molecular formula is C26H28ClN3O7S. The molecule has 202 valence electrons. The van der Waals surface area contributed by atoms with Crippen LogP contribution in [-0.2, 0) is 31.0 Å². The second-order valence-corrected chi connectivity index (χ2v) is 10.3. The lowest BCUT2D eigenvalue weighted by molar-refractivity contribution is -0.128. The SMILES string of the molecule is COc1ccc(S(=O)(=O)N(CC(=O)NC(COCc2ccccc2)C(N)=O)c2ccc(Cl)cc2)cc1OC. The molecule has 0 saturated heterocycles. The van der Waals surface area contributed by atoms with Gasteiger partial charge in [0.2, 0.25) is 11.8 Å². The number of hydrogen-bond acceptors (Lipinski definition) is 7. The number of hydrogen-bond donors (Lipinski definition) is 2. The van der Waals surface area contributed by atoms with Gasteiger partial charge < -0.3 is 25.3 Å². The first-order valence-corrected chi connectivity index (χ1v) is 13.2. The van der Waals surface area contributed by atoms with Gasteiger partial charge in [0.05, 0.1) is 38.0 Å². The first kappa shape index (κ1) is 28.8. The number of nitrogens with zero attached hydrogens (tertiary/aromatic N) is 1. The van der Waals surface area contributed by atoms with Crippen LogP contribution in [0.1, 0.15) is 5.56 Å². The predicted octanol–water partition coefficient (Wildman–Crippen LogP) is 2.74. The molecule has 0 aromatic heterocycles. The summed E-state index contributed by atoms with van der Waals surface area (Å²) in [6, 6.07) is 18.0. The Labute approximate surface area is 226 Å². The average Bonchev–Trinajstić information content (AvgIpc) is 2.91. The molecule has 0 heterocycles. The lowest BCUT2D eigenvalue weighted by atomic mass is 10.2. The molecule has 1 atom stereocenters. The number of primary amides is 1. The molecule has 3 N–H and O–H groups in total. The van der Waals surface area contributed by atoms with Crippen LogP contribution in [0.25, 0.3) is 0 Å². The second-order valence-electron chi connectivity index (χ2n) is 8.03. The lowest BCUT2D eigenvalue weighted by Crippen LogP contribution is -2.51. The van der Waals surface area contributed by atoms with Crippen LogP contribution in [0, 0.1) is 0 Å². The number of benzene rings is 3. The van der Waals surface area contributed by atoms with Crippen LogP contribution in [0.2, 0.25) is 5.02 Å². The largest absolute Gasteiger partial charge is 0.493 e. The summed E-state index contributed by atoms with van der Waals surface area (Å²) in [7, 11) is -1.48. The van der Waals surface area contributed by atoms with E-state index in [0.29, 0.717) is 10.8 Å². The topological polar surface area (TPSA) is 137 Å². The first-order valence-electron chi connectivity index (χ1n) is 11.4. The number of anilines is 1. The highest BCUT2D eigenvalue weighted by atomic mass is 35.5. The van der Waals surface area contributed by atoms with Gasteiger partial charge in [-0.1, -0.05) is 41.9 Å². The minimum atomic E-state index is -4.28. The molecule has 3 aromatic rings. The Morgan fingerprint density at radius 2 is 1.63 bits per heavy atom. The maximum Gasteiger partial charge on any atom is 0.264 e. The Hall–Kier alpha value is -3.80. The normalized spacial score (nSPS) is 11.9. The number of amides is 2. The van der Waals surface area contributed by atoms with Crippen molar-refractivity contribution in [3.05, 3.63) is 83.4 Å². The lowest BCUT2D eigenvalue weighted by Gasteiger charge is -2.25. The summed E-state index contributed by atoms with van der Waals surface area (Å²) in [5, 5.41) is 2.84. The number of sulfonamides is 1. The van der Waals surface area contributed by atoms with Crippen LogP contribution in [-0.4, -0.2) is 53.6 Å². The van der Waals surface area contributed by atoms with Crippen molar-refractivity contribution < 1.29 is 32.2 Å². The van der Waals surface area contributed by atoms with E-state index in [4.69, 9.17) is 31.5 Å². The van der Waals surface area contributed by atoms with Crippen LogP contribution in [0.3, 0.4) is 0 Å². The monoisotopic (exact) mass is 561 g/mol. The summed E-state index contributed by atoms with van der Waals surface area (Å²) in [5.41, 5.74) is 6.50. The number of ether oxygens (including phenoxy) is 3. The van der Waals surface area contributed by atoms with Crippen LogP contribution >= 0.6 is 11.6 Å². The number of rotatable bonds is 13. The van der Waals surface area contributed by atoms with Crippen molar-refractivity contribution in [2.24, 2.45) is 5.73 Å². The molecule has 0 bridgehead atoms. The van der Waals surface area contributed by atoms with Crippen LogP contribution < -0.4 is 24.8 Å². The molecule has 0 radical (unpaired) electrons. The zero-order valence-electron chi connectivity index (χ0n) is 20.8. The summed E-state index contributed by atoms with van der Waals surface area (Å²) < 4.78 is 44.2. The molecule has 38 heavy (non-hydrogen) atoms. The average molecular weight is 562 g/mol. The number of methoxy groups -OCH3 is 2. The third-order valence-electron chi connectivity index (χ3n) is 5.42. The number of carbonyl (C=O) groups excluding carboxylic acids is 2. The van der Waals surface area contributed by atoms with E-state index in [1.165, 1.54) is 56.7 Å². The summed E-state index contributed by atoms with van der Waals surface area (Å²) in [5.74, 6) is -1.07. The van der Waals surface area contributed by atoms with Gasteiger partial charge in [0.1, 0.15) is 12.6 Å². The van der Waals surface area contributed by atoms with Crippen molar-refractivity contribution >= 4 is 39.1 Å². The van der Waals surface area contributed by atoms with E-state index in [1.54, 1.807) is 0 Å². The van der Waals surface area contributed by atoms with Crippen molar-refractivity contribution in [2.45, 2.75) is 17.5 Å². The van der Waals surface area contributed by atoms with E-state index in [9.17, 15) is 18.0 Å². The Morgan fingerprint density at radius 3 is 2.24 bits per heavy atom. The third kappa shape index (κ3) is 7.37. The minimum absolute atomic E-state index is 0.143. The fourth-order valence-corrected chi connectivity index (χ4v) is 5.02. The molecule has 0 saturated carbocycles. The molecule has 0 spiro atoms. The number of nitrogens with two attached hydrogens (primary N) is 1. The van der Waals surface area contributed by atoms with Crippen molar-refractivity contribution in [3.8, 4) is 11.5 Å². The fourth-order valence-electron chi connectivity index (χ4n) is 3.46. The van der Waals surface area contributed by atoms with Crippen molar-refractivity contribution in [1.82, 2.24) is 5.32 Å². The van der Waals surface area contributed by atoms with Gasteiger partial charge in [-0.15, -0.1) is 0 Å². The molecule has 12 heteroatoms. The summed E-state index contributed by atoms with van der Waals surface area (Å²) in [6.45, 7) is -0.648. The third-order valence-corrected chi connectivity index (χ3v) is 7.44. The molecule has 3 aromatic carbocycles. The number of halogens is 1. The van der Waals surface area contributed by atoms with Gasteiger partial charge in [0, 0.05) is 11.1 Å². The van der Waals surface area contributed by atoms with Gasteiger partial charge >= 0.3 is 0 Å². The van der Waals surface area contributed by atoms with Crippen LogP contribution in [0.15, 0.2) is 77.7 Å². The fraction of sp³-hybridized carbons (Fsp3) is 0.231. The van der Waals surface area contributed by atoms with E-state index >= 15 is 0 Å². The predicted molar refractivity (Wildman–Crippen MR) is 143 cm³/mol. The van der Waals surface area contributed by atoms with Gasteiger partial charge in [0.25, 0.3) is 10.0 Å². The molecule has 0 aliphatic carbocycles. The molecule has 3 rings (SSSR count). The summed E-state index contributed by atoms with van der Waals surface area (Å²) in [6.07, 6.45) is 0. The number of nitrogens with one attached hydrogen (secondary N) is 1. The molecule has 0 fully saturated rings. The maximum atomic E-state index is 13.7. The van der Waals surface area contributed by atoms with E-state index in [2.05, 4.69) is 5.32 Å². The highest BCUT2D eigenvalue weighted by Crippen LogP contribution is 2.32. The van der Waals surface area contributed by atoms with Crippen molar-refractivity contribution in [2.75, 3.05) is 31.7 Å². The van der Waals surface area contributed by atoms with Crippen molar-refractivity contribution in [3.63, 3.8) is 0 Å². The quantitative estimate of drug-likeness (QED) is 0.327. The first-order chi connectivity index (χ1) is 18.1. The summed E-state index contributed by atoms with van der Waals surface area (Å²) >= 11 is 5.98. The van der Waals surface area contributed by atoms with E-state index < -0.39 is 34.4 Å². The molecular weight excluding hydrogens is 534 g/mol. The van der Waals surface area contributed by atoms with Gasteiger partial charge in [0.15, 0.2) is 11.5 Å². The van der Waals surface area contributed by atoms with Crippen molar-refractivity contribution in [1.29, 1.82) is 0 Å². The van der Waals surface area contributed by atoms with Crippen LogP contribution in [0.4, 0.5) is 5.69 Å². The Bertz CT molecular complexity index is 1350. The molecule has 1 unspecified atom stereocenters. The Balaban J connectivity index is 1.82. The molecule has 0 aliphatic rings. The highest BCUT2D eigenvalue weighted by molar-refractivity contribution is 7.92. The maximum absolute atomic E-state index is 13.7. The Kier molecular flexibility index (Phi) is 9.94. The smallest absolute Gasteiger partial charge is 0.264 e. The van der Waals surface area contributed by atoms with E-state index in [-0.39, 0.29) is 29.5 Å². The van der Waals surface area contributed by atoms with Gasteiger partial charge in [-0.3, -0.25) is 13.9 Å². The Morgan fingerprint density at radius 1 is 0.974 bits per heavy atom. The molecule has 2 amide bonds. The van der Waals surface area contributed by atoms with E-state index in [1.807, 2.05) is 30.3 Å². The second kappa shape index (κ2) is 13.1. The molecule has 10 nitrogen and oxygen atoms in total. The highest BCUT2D eigenvalue weighted by Gasteiger charge is 2.30. The van der Waals surface area contributed by atoms with Gasteiger partial charge in [-0.2, -0.15) is 0 Å². The van der Waals surface area contributed by atoms with Crippen LogP contribution in [0.5, 0.6) is 11.5 Å². The zero-order valence-corrected chi connectivity index (χ0v) is 22.4. The van der Waals surface area contributed by atoms with Gasteiger partial charge in [-0.05, 0) is 42.0 Å². The standard InChI is InChI=1S/C26H28ClN3O7S/c1-35-23-13-12-21(14-24(23)36-2)38(33,34)30(20-10-8-19(27)9-11-20)15-25(31)29-22(26(28)32)17-37-16-18-6-4-3-5-7-18/h3-14,22H,15-17H2,1-2H3,(H2,28,32)(H,29,31). The molecule has 0 aliphatic heterocycles. The summed E-state index contributed by atoms with van der Waals surface area (Å²) in [4.78, 5) is 24.8. The van der Waals surface area contributed by atoms with E-state index in [0.717, 1.165) is 9.87 Å². The van der Waals surface area contributed by atoms with Gasteiger partial charge in [-0.25, -0.2) is 8.42 Å². The minimum Gasteiger partial charge on any atom is -0.493 e. The number of carbonyl (C=O) groups is 2. The zero-order chi connectivity index (χ0) is 27.7.